The van der Waals surface area contributed by atoms with Crippen molar-refractivity contribution < 1.29 is 24.2 Å². The predicted octanol–water partition coefficient (Wildman–Crippen LogP) is 1.18. The van der Waals surface area contributed by atoms with Gasteiger partial charge in [-0.05, 0) is 42.0 Å². The number of benzene rings is 1. The summed E-state index contributed by atoms with van der Waals surface area (Å²) in [4.78, 5) is 29.6. The molecule has 0 radical (unpaired) electrons. The molecule has 1 saturated heterocycles. The fraction of sp³-hybridized carbons (Fsp3) is 0.350. The van der Waals surface area contributed by atoms with E-state index in [1.165, 1.54) is 0 Å². The van der Waals surface area contributed by atoms with E-state index in [-0.39, 0.29) is 12.5 Å². The average molecular weight is 385 g/mol. The Balaban J connectivity index is 1.51. The van der Waals surface area contributed by atoms with Gasteiger partial charge in [0.2, 0.25) is 0 Å². The number of pyridine rings is 1. The van der Waals surface area contributed by atoms with E-state index >= 15 is 0 Å². The van der Waals surface area contributed by atoms with E-state index in [0.29, 0.717) is 44.2 Å². The Morgan fingerprint density at radius 3 is 2.46 bits per heavy atom. The SMILES string of the molecule is O=C(NC[C@@H](C(=O)O)N1CCOCC1)c1ccc(OCc2ccncc2)cc1. The summed E-state index contributed by atoms with van der Waals surface area (Å²) in [6.45, 7) is 2.52. The van der Waals surface area contributed by atoms with Crippen LogP contribution in [0.2, 0.25) is 0 Å². The number of hydrogen-bond acceptors (Lipinski definition) is 6. The van der Waals surface area contributed by atoms with Gasteiger partial charge < -0.3 is 19.9 Å². The van der Waals surface area contributed by atoms with Crippen LogP contribution in [0.5, 0.6) is 5.75 Å². The molecule has 1 aromatic heterocycles. The summed E-state index contributed by atoms with van der Waals surface area (Å²) in [5.74, 6) is -0.632. The Morgan fingerprint density at radius 2 is 1.82 bits per heavy atom. The van der Waals surface area contributed by atoms with Gasteiger partial charge >= 0.3 is 5.97 Å². The third kappa shape index (κ3) is 5.51. The van der Waals surface area contributed by atoms with Crippen LogP contribution >= 0.6 is 0 Å². The zero-order chi connectivity index (χ0) is 19.8. The third-order valence-electron chi connectivity index (χ3n) is 4.50. The molecule has 8 heteroatoms. The van der Waals surface area contributed by atoms with E-state index in [1.807, 2.05) is 17.0 Å². The molecule has 28 heavy (non-hydrogen) atoms. The third-order valence-corrected chi connectivity index (χ3v) is 4.50. The minimum absolute atomic E-state index is 0.0362. The Morgan fingerprint density at radius 1 is 1.14 bits per heavy atom. The first-order valence-corrected chi connectivity index (χ1v) is 9.08. The maximum atomic E-state index is 12.4. The molecule has 1 fully saturated rings. The lowest BCUT2D eigenvalue weighted by Crippen LogP contribution is -2.52. The molecule has 0 unspecified atom stereocenters. The first kappa shape index (κ1) is 19.8. The molecule has 0 bridgehead atoms. The van der Waals surface area contributed by atoms with Gasteiger partial charge in [0.1, 0.15) is 18.4 Å². The van der Waals surface area contributed by atoms with Crippen LogP contribution in [0.15, 0.2) is 48.8 Å². The predicted molar refractivity (Wildman–Crippen MR) is 101 cm³/mol. The number of ether oxygens (including phenoxy) is 2. The highest BCUT2D eigenvalue weighted by Crippen LogP contribution is 2.14. The monoisotopic (exact) mass is 385 g/mol. The van der Waals surface area contributed by atoms with E-state index in [9.17, 15) is 14.7 Å². The Bertz CT molecular complexity index is 776. The highest BCUT2D eigenvalue weighted by molar-refractivity contribution is 5.94. The molecule has 0 spiro atoms. The van der Waals surface area contributed by atoms with Gasteiger partial charge in [-0.1, -0.05) is 0 Å². The molecule has 1 aliphatic heterocycles. The molecule has 2 heterocycles. The Kier molecular flexibility index (Phi) is 6.94. The standard InChI is InChI=1S/C20H23N3O5/c24-19(22-13-18(20(25)26)23-9-11-27-12-10-23)16-1-3-17(4-2-16)28-14-15-5-7-21-8-6-15/h1-8,18H,9-14H2,(H,22,24)(H,25,26)/t18-/m0/s1. The van der Waals surface area contributed by atoms with Crippen LogP contribution in [0.3, 0.4) is 0 Å². The summed E-state index contributed by atoms with van der Waals surface area (Å²) in [5.41, 5.74) is 1.45. The quantitative estimate of drug-likeness (QED) is 0.704. The van der Waals surface area contributed by atoms with Crippen LogP contribution in [0.1, 0.15) is 15.9 Å². The zero-order valence-electron chi connectivity index (χ0n) is 15.4. The van der Waals surface area contributed by atoms with Crippen molar-refractivity contribution in [1.29, 1.82) is 0 Å². The number of carboxylic acid groups (broad SMARTS) is 1. The van der Waals surface area contributed by atoms with Crippen LogP contribution in [-0.4, -0.2) is 65.8 Å². The summed E-state index contributed by atoms with van der Waals surface area (Å²) in [5, 5.41) is 12.1. The highest BCUT2D eigenvalue weighted by Gasteiger charge is 2.27. The second-order valence-corrected chi connectivity index (χ2v) is 6.38. The number of rotatable bonds is 8. The molecule has 1 amide bonds. The topological polar surface area (TPSA) is 101 Å². The number of aliphatic carboxylic acids is 1. The van der Waals surface area contributed by atoms with Crippen molar-refractivity contribution in [2.24, 2.45) is 0 Å². The number of nitrogens with zero attached hydrogens (tertiary/aromatic N) is 2. The number of amides is 1. The average Bonchev–Trinajstić information content (AvgIpc) is 2.74. The van der Waals surface area contributed by atoms with E-state index in [1.54, 1.807) is 36.7 Å². The molecule has 1 aromatic carbocycles. The van der Waals surface area contributed by atoms with Crippen LogP contribution in [0, 0.1) is 0 Å². The molecular formula is C20H23N3O5. The zero-order valence-corrected chi connectivity index (χ0v) is 15.4. The van der Waals surface area contributed by atoms with Crippen molar-refractivity contribution in [3.63, 3.8) is 0 Å². The molecule has 148 valence electrons. The maximum Gasteiger partial charge on any atom is 0.322 e. The van der Waals surface area contributed by atoms with Crippen molar-refractivity contribution in [1.82, 2.24) is 15.2 Å². The first-order chi connectivity index (χ1) is 13.6. The second kappa shape index (κ2) is 9.82. The molecular weight excluding hydrogens is 362 g/mol. The van der Waals surface area contributed by atoms with Crippen molar-refractivity contribution in [3.05, 3.63) is 59.9 Å². The normalized spacial score (nSPS) is 15.6. The number of hydrogen-bond donors (Lipinski definition) is 2. The lowest BCUT2D eigenvalue weighted by atomic mass is 10.2. The van der Waals surface area contributed by atoms with Crippen LogP contribution < -0.4 is 10.1 Å². The smallest absolute Gasteiger partial charge is 0.322 e. The maximum absolute atomic E-state index is 12.4. The molecule has 1 aliphatic rings. The van der Waals surface area contributed by atoms with Gasteiger partial charge in [-0.15, -0.1) is 0 Å². The number of morpholine rings is 1. The number of nitrogens with one attached hydrogen (secondary N) is 1. The van der Waals surface area contributed by atoms with Gasteiger partial charge in [0.25, 0.3) is 5.91 Å². The van der Waals surface area contributed by atoms with Gasteiger partial charge in [-0.25, -0.2) is 0 Å². The molecule has 1 atom stereocenters. The Labute approximate surface area is 163 Å². The summed E-state index contributed by atoms with van der Waals surface area (Å²) in [6.07, 6.45) is 3.40. The number of aromatic nitrogens is 1. The van der Waals surface area contributed by atoms with E-state index in [2.05, 4.69) is 10.3 Å². The number of carboxylic acids is 1. The number of carbonyl (C=O) groups is 2. The summed E-state index contributed by atoms with van der Waals surface area (Å²) < 4.78 is 10.9. The van der Waals surface area contributed by atoms with Gasteiger partial charge in [-0.2, -0.15) is 0 Å². The van der Waals surface area contributed by atoms with Crippen molar-refractivity contribution >= 4 is 11.9 Å². The molecule has 3 rings (SSSR count). The van der Waals surface area contributed by atoms with Gasteiger partial charge in [0, 0.05) is 37.6 Å². The Hall–Kier alpha value is -2.97. The van der Waals surface area contributed by atoms with Crippen molar-refractivity contribution in [3.8, 4) is 5.75 Å². The van der Waals surface area contributed by atoms with E-state index in [4.69, 9.17) is 9.47 Å². The summed E-state index contributed by atoms with van der Waals surface area (Å²) in [6, 6.07) is 9.71. The van der Waals surface area contributed by atoms with Gasteiger partial charge in [0.05, 0.1) is 13.2 Å². The van der Waals surface area contributed by atoms with Crippen LogP contribution in [-0.2, 0) is 16.1 Å². The second-order valence-electron chi connectivity index (χ2n) is 6.38. The lowest BCUT2D eigenvalue weighted by Gasteiger charge is -2.31. The van der Waals surface area contributed by atoms with Crippen molar-refractivity contribution in [2.45, 2.75) is 12.6 Å². The molecule has 2 N–H and O–H groups in total. The lowest BCUT2D eigenvalue weighted by molar-refractivity contribution is -0.144. The van der Waals surface area contributed by atoms with Crippen LogP contribution in [0.25, 0.3) is 0 Å². The van der Waals surface area contributed by atoms with Crippen LogP contribution in [0.4, 0.5) is 0 Å². The summed E-state index contributed by atoms with van der Waals surface area (Å²) in [7, 11) is 0. The largest absolute Gasteiger partial charge is 0.489 e. The molecule has 2 aromatic rings. The molecule has 0 saturated carbocycles. The van der Waals surface area contributed by atoms with Gasteiger partial charge in [0.15, 0.2) is 0 Å². The number of carbonyl (C=O) groups excluding carboxylic acids is 1. The minimum atomic E-state index is -0.956. The van der Waals surface area contributed by atoms with E-state index < -0.39 is 12.0 Å². The minimum Gasteiger partial charge on any atom is -0.489 e. The first-order valence-electron chi connectivity index (χ1n) is 9.08. The van der Waals surface area contributed by atoms with Crippen molar-refractivity contribution in [2.75, 3.05) is 32.8 Å². The van der Waals surface area contributed by atoms with E-state index in [0.717, 1.165) is 5.56 Å². The molecule has 0 aliphatic carbocycles. The fourth-order valence-corrected chi connectivity index (χ4v) is 2.90. The molecule has 8 nitrogen and oxygen atoms in total. The fourth-order valence-electron chi connectivity index (χ4n) is 2.90. The highest BCUT2D eigenvalue weighted by atomic mass is 16.5. The summed E-state index contributed by atoms with van der Waals surface area (Å²) >= 11 is 0. The van der Waals surface area contributed by atoms with Gasteiger partial charge in [-0.3, -0.25) is 19.5 Å².